The van der Waals surface area contributed by atoms with Gasteiger partial charge in [0, 0.05) is 11.7 Å². The molecule has 0 spiro atoms. The summed E-state index contributed by atoms with van der Waals surface area (Å²) in [6.45, 7) is 5.87. The highest BCUT2D eigenvalue weighted by Crippen LogP contribution is 2.39. The van der Waals surface area contributed by atoms with Crippen LogP contribution in [-0.4, -0.2) is 11.0 Å². The van der Waals surface area contributed by atoms with E-state index in [0.717, 1.165) is 28.1 Å². The SMILES string of the molecule is CC(Nc1cc(CO)ccc1Cl)c1ccc2c(c1)C(C)(C)C(=O)N2. The van der Waals surface area contributed by atoms with Gasteiger partial charge in [0.15, 0.2) is 0 Å². The number of aliphatic hydroxyl groups is 1. The zero-order valence-corrected chi connectivity index (χ0v) is 14.7. The smallest absolute Gasteiger partial charge is 0.234 e. The van der Waals surface area contributed by atoms with E-state index in [2.05, 4.69) is 16.7 Å². The van der Waals surface area contributed by atoms with Gasteiger partial charge in [-0.05, 0) is 55.7 Å². The molecule has 0 radical (unpaired) electrons. The van der Waals surface area contributed by atoms with Gasteiger partial charge < -0.3 is 15.7 Å². The molecular weight excluding hydrogens is 324 g/mol. The lowest BCUT2D eigenvalue weighted by Crippen LogP contribution is -2.27. The Morgan fingerprint density at radius 1 is 1.25 bits per heavy atom. The molecule has 0 saturated heterocycles. The van der Waals surface area contributed by atoms with Gasteiger partial charge in [0.05, 0.1) is 22.7 Å². The first kappa shape index (κ1) is 16.8. The molecule has 0 bridgehead atoms. The lowest BCUT2D eigenvalue weighted by atomic mass is 9.85. The van der Waals surface area contributed by atoms with Crippen LogP contribution in [0.5, 0.6) is 0 Å². The maximum atomic E-state index is 12.1. The molecule has 1 atom stereocenters. The summed E-state index contributed by atoms with van der Waals surface area (Å²) < 4.78 is 0. The van der Waals surface area contributed by atoms with Crippen LogP contribution < -0.4 is 10.6 Å². The molecule has 0 aliphatic carbocycles. The van der Waals surface area contributed by atoms with Crippen molar-refractivity contribution in [3.8, 4) is 0 Å². The highest BCUT2D eigenvalue weighted by molar-refractivity contribution is 6.33. The van der Waals surface area contributed by atoms with Crippen molar-refractivity contribution in [2.45, 2.75) is 38.8 Å². The molecule has 24 heavy (non-hydrogen) atoms. The van der Waals surface area contributed by atoms with E-state index in [1.165, 1.54) is 0 Å². The average molecular weight is 345 g/mol. The molecule has 1 unspecified atom stereocenters. The summed E-state index contributed by atoms with van der Waals surface area (Å²) in [7, 11) is 0. The van der Waals surface area contributed by atoms with Gasteiger partial charge in [-0.15, -0.1) is 0 Å². The predicted molar refractivity (Wildman–Crippen MR) is 97.5 cm³/mol. The normalized spacial score (nSPS) is 16.5. The van der Waals surface area contributed by atoms with E-state index in [4.69, 9.17) is 11.6 Å². The number of carbonyl (C=O) groups excluding carboxylic acids is 1. The molecule has 0 saturated carbocycles. The number of aliphatic hydroxyl groups excluding tert-OH is 1. The summed E-state index contributed by atoms with van der Waals surface area (Å²) in [5.41, 5.74) is 4.02. The maximum Gasteiger partial charge on any atom is 0.234 e. The maximum absolute atomic E-state index is 12.1. The Hall–Kier alpha value is -2.04. The number of halogens is 1. The van der Waals surface area contributed by atoms with Gasteiger partial charge >= 0.3 is 0 Å². The van der Waals surface area contributed by atoms with Crippen molar-refractivity contribution in [1.82, 2.24) is 0 Å². The summed E-state index contributed by atoms with van der Waals surface area (Å²) in [6, 6.07) is 11.4. The quantitative estimate of drug-likeness (QED) is 0.777. The summed E-state index contributed by atoms with van der Waals surface area (Å²) in [5.74, 6) is 0.0222. The van der Waals surface area contributed by atoms with Gasteiger partial charge in [0.1, 0.15) is 0 Å². The van der Waals surface area contributed by atoms with Crippen molar-refractivity contribution in [3.63, 3.8) is 0 Å². The summed E-state index contributed by atoms with van der Waals surface area (Å²) in [4.78, 5) is 12.1. The minimum atomic E-state index is -0.528. The predicted octanol–water partition coefficient (Wildman–Crippen LogP) is 4.24. The number of nitrogens with one attached hydrogen (secondary N) is 2. The number of carbonyl (C=O) groups is 1. The van der Waals surface area contributed by atoms with Gasteiger partial charge in [-0.25, -0.2) is 0 Å². The molecule has 0 fully saturated rings. The molecular formula is C19H21ClN2O2. The number of anilines is 2. The standard InChI is InChI=1S/C19H21ClN2O2/c1-11(21-17-8-12(10-23)4-6-15(17)20)13-5-7-16-14(9-13)19(2,3)18(24)22-16/h4-9,11,21,23H,10H2,1-3H3,(H,22,24). The molecule has 5 heteroatoms. The molecule has 2 aromatic carbocycles. The van der Waals surface area contributed by atoms with Crippen molar-refractivity contribution in [2.75, 3.05) is 10.6 Å². The number of benzene rings is 2. The lowest BCUT2D eigenvalue weighted by Gasteiger charge is -2.20. The van der Waals surface area contributed by atoms with Crippen LogP contribution in [0.1, 0.15) is 43.5 Å². The number of rotatable bonds is 4. The van der Waals surface area contributed by atoms with E-state index in [1.54, 1.807) is 12.1 Å². The van der Waals surface area contributed by atoms with Crippen LogP contribution in [0, 0.1) is 0 Å². The van der Waals surface area contributed by atoms with E-state index < -0.39 is 5.41 Å². The van der Waals surface area contributed by atoms with Crippen LogP contribution in [-0.2, 0) is 16.8 Å². The topological polar surface area (TPSA) is 61.4 Å². The van der Waals surface area contributed by atoms with E-state index in [1.807, 2.05) is 39.0 Å². The minimum Gasteiger partial charge on any atom is -0.392 e. The largest absolute Gasteiger partial charge is 0.392 e. The fourth-order valence-corrected chi connectivity index (χ4v) is 3.13. The highest BCUT2D eigenvalue weighted by Gasteiger charge is 2.38. The minimum absolute atomic E-state index is 0.00763. The van der Waals surface area contributed by atoms with Crippen molar-refractivity contribution >= 4 is 28.9 Å². The van der Waals surface area contributed by atoms with Crippen LogP contribution in [0.15, 0.2) is 36.4 Å². The molecule has 1 aliphatic heterocycles. The first-order valence-corrected chi connectivity index (χ1v) is 8.32. The number of amides is 1. The van der Waals surface area contributed by atoms with Crippen LogP contribution in [0.25, 0.3) is 0 Å². The average Bonchev–Trinajstić information content (AvgIpc) is 2.78. The van der Waals surface area contributed by atoms with Crippen LogP contribution in [0.3, 0.4) is 0 Å². The van der Waals surface area contributed by atoms with Gasteiger partial charge in [0.25, 0.3) is 0 Å². The number of hydrogen-bond donors (Lipinski definition) is 3. The Bertz CT molecular complexity index is 802. The summed E-state index contributed by atoms with van der Waals surface area (Å²) >= 11 is 6.24. The molecule has 2 aromatic rings. The first-order valence-electron chi connectivity index (χ1n) is 7.94. The number of fused-ring (bicyclic) bond motifs is 1. The molecule has 1 aliphatic rings. The monoisotopic (exact) mass is 344 g/mol. The van der Waals surface area contributed by atoms with E-state index >= 15 is 0 Å². The Balaban J connectivity index is 1.88. The Kier molecular flexibility index (Phi) is 4.28. The molecule has 1 heterocycles. The Morgan fingerprint density at radius 3 is 2.71 bits per heavy atom. The van der Waals surface area contributed by atoms with Crippen molar-refractivity contribution in [2.24, 2.45) is 0 Å². The molecule has 126 valence electrons. The van der Waals surface area contributed by atoms with Crippen molar-refractivity contribution in [3.05, 3.63) is 58.1 Å². The van der Waals surface area contributed by atoms with E-state index in [0.29, 0.717) is 5.02 Å². The number of hydrogen-bond acceptors (Lipinski definition) is 3. The van der Waals surface area contributed by atoms with E-state index in [-0.39, 0.29) is 18.6 Å². The van der Waals surface area contributed by atoms with E-state index in [9.17, 15) is 9.90 Å². The van der Waals surface area contributed by atoms with Crippen molar-refractivity contribution < 1.29 is 9.90 Å². The first-order chi connectivity index (χ1) is 11.3. The second-order valence-electron chi connectivity index (χ2n) is 6.72. The van der Waals surface area contributed by atoms with Crippen LogP contribution in [0.4, 0.5) is 11.4 Å². The van der Waals surface area contributed by atoms with Crippen LogP contribution in [0.2, 0.25) is 5.02 Å². The lowest BCUT2D eigenvalue weighted by molar-refractivity contribution is -0.119. The fourth-order valence-electron chi connectivity index (χ4n) is 2.96. The molecule has 3 N–H and O–H groups in total. The third-order valence-corrected chi connectivity index (χ3v) is 4.95. The van der Waals surface area contributed by atoms with Crippen molar-refractivity contribution in [1.29, 1.82) is 0 Å². The summed E-state index contributed by atoms with van der Waals surface area (Å²) in [5, 5.41) is 16.2. The molecule has 1 amide bonds. The third kappa shape index (κ3) is 2.87. The zero-order chi connectivity index (χ0) is 17.5. The zero-order valence-electron chi connectivity index (χ0n) is 14.0. The molecule has 0 aromatic heterocycles. The van der Waals surface area contributed by atoms with Gasteiger partial charge in [0.2, 0.25) is 5.91 Å². The Labute approximate surface area is 146 Å². The van der Waals surface area contributed by atoms with Gasteiger partial charge in [-0.2, -0.15) is 0 Å². The highest BCUT2D eigenvalue weighted by atomic mass is 35.5. The molecule has 4 nitrogen and oxygen atoms in total. The summed E-state index contributed by atoms with van der Waals surface area (Å²) in [6.07, 6.45) is 0. The molecule has 3 rings (SSSR count). The second kappa shape index (κ2) is 6.11. The van der Waals surface area contributed by atoms with Gasteiger partial charge in [-0.3, -0.25) is 4.79 Å². The Morgan fingerprint density at radius 2 is 2.00 bits per heavy atom. The van der Waals surface area contributed by atoms with Crippen LogP contribution >= 0.6 is 11.6 Å². The van der Waals surface area contributed by atoms with Gasteiger partial charge in [-0.1, -0.05) is 29.8 Å². The fraction of sp³-hybridized carbons (Fsp3) is 0.316. The third-order valence-electron chi connectivity index (χ3n) is 4.62. The second-order valence-corrected chi connectivity index (χ2v) is 7.13.